The van der Waals surface area contributed by atoms with Gasteiger partial charge in [0.1, 0.15) is 5.75 Å². The topological polar surface area (TPSA) is 55.8 Å². The van der Waals surface area contributed by atoms with Crippen LogP contribution in [0.2, 0.25) is 0 Å². The predicted molar refractivity (Wildman–Crippen MR) is 60.4 cm³/mol. The number of benzene rings is 1. The third-order valence-corrected chi connectivity index (χ3v) is 2.28. The van der Waals surface area contributed by atoms with E-state index in [4.69, 9.17) is 14.6 Å². The number of methoxy groups -OCH3 is 1. The van der Waals surface area contributed by atoms with Crippen LogP contribution in [0.3, 0.4) is 0 Å². The Morgan fingerprint density at radius 2 is 2.00 bits per heavy atom. The Morgan fingerprint density at radius 3 is 2.53 bits per heavy atom. The smallest absolute Gasteiger partial charge is 0.419 e. The molecular formula is C12H13F3O4. The van der Waals surface area contributed by atoms with Crippen molar-refractivity contribution in [1.29, 1.82) is 0 Å². The van der Waals surface area contributed by atoms with Crippen molar-refractivity contribution in [3.05, 3.63) is 29.3 Å². The van der Waals surface area contributed by atoms with Crippen LogP contribution in [-0.4, -0.2) is 31.4 Å². The summed E-state index contributed by atoms with van der Waals surface area (Å²) in [6.07, 6.45) is -4.23. The molecule has 19 heavy (non-hydrogen) atoms. The molecular weight excluding hydrogens is 265 g/mol. The molecule has 0 heterocycles. The lowest BCUT2D eigenvalue weighted by molar-refractivity contribution is -0.139. The van der Waals surface area contributed by atoms with Gasteiger partial charge in [-0.05, 0) is 18.2 Å². The van der Waals surface area contributed by atoms with E-state index in [9.17, 15) is 18.0 Å². The van der Waals surface area contributed by atoms with Gasteiger partial charge in [-0.25, -0.2) is 4.79 Å². The van der Waals surface area contributed by atoms with Gasteiger partial charge in [0.2, 0.25) is 0 Å². The fourth-order valence-corrected chi connectivity index (χ4v) is 1.40. The van der Waals surface area contributed by atoms with Crippen LogP contribution in [0.1, 0.15) is 22.3 Å². The van der Waals surface area contributed by atoms with Crippen LogP contribution in [0.5, 0.6) is 5.75 Å². The molecule has 0 fully saturated rings. The quantitative estimate of drug-likeness (QED) is 0.813. The van der Waals surface area contributed by atoms with E-state index in [1.165, 1.54) is 7.11 Å². The molecule has 0 unspecified atom stereocenters. The van der Waals surface area contributed by atoms with E-state index in [1.807, 2.05) is 0 Å². The molecule has 0 aromatic heterocycles. The second-order valence-electron chi connectivity index (χ2n) is 3.71. The molecule has 0 aliphatic rings. The van der Waals surface area contributed by atoms with Crippen molar-refractivity contribution in [3.63, 3.8) is 0 Å². The summed E-state index contributed by atoms with van der Waals surface area (Å²) in [5, 5.41) is 8.69. The van der Waals surface area contributed by atoms with Crippen LogP contribution in [0.25, 0.3) is 0 Å². The van der Waals surface area contributed by atoms with E-state index in [0.717, 1.165) is 12.1 Å². The third-order valence-electron chi connectivity index (χ3n) is 2.28. The number of carbonyl (C=O) groups is 1. The zero-order valence-corrected chi connectivity index (χ0v) is 10.2. The molecule has 0 atom stereocenters. The summed E-state index contributed by atoms with van der Waals surface area (Å²) in [7, 11) is 1.47. The number of alkyl halides is 3. The molecule has 106 valence electrons. The first kappa shape index (κ1) is 15.3. The predicted octanol–water partition coefficient (Wildman–Crippen LogP) is 2.82. The van der Waals surface area contributed by atoms with Gasteiger partial charge in [-0.1, -0.05) is 0 Å². The first-order chi connectivity index (χ1) is 8.86. The average Bonchev–Trinajstić information content (AvgIpc) is 2.33. The zero-order valence-electron chi connectivity index (χ0n) is 10.2. The molecule has 0 aliphatic heterocycles. The molecule has 0 bridgehead atoms. The van der Waals surface area contributed by atoms with Gasteiger partial charge in [0.25, 0.3) is 0 Å². The number of carboxylic acid groups (broad SMARTS) is 1. The summed E-state index contributed by atoms with van der Waals surface area (Å²) in [5.41, 5.74) is -1.53. The van der Waals surface area contributed by atoms with Gasteiger partial charge in [0, 0.05) is 20.1 Å². The molecule has 7 heteroatoms. The number of aromatic carboxylic acids is 1. The van der Waals surface area contributed by atoms with Crippen LogP contribution in [0.4, 0.5) is 13.2 Å². The first-order valence-electron chi connectivity index (χ1n) is 5.42. The minimum absolute atomic E-state index is 0.0589. The maximum absolute atomic E-state index is 12.8. The monoisotopic (exact) mass is 278 g/mol. The van der Waals surface area contributed by atoms with E-state index < -0.39 is 23.3 Å². The maximum atomic E-state index is 12.8. The molecule has 0 radical (unpaired) electrons. The summed E-state index contributed by atoms with van der Waals surface area (Å²) in [6, 6.07) is 2.65. The van der Waals surface area contributed by atoms with Gasteiger partial charge in [0.05, 0.1) is 17.7 Å². The molecule has 4 nitrogen and oxygen atoms in total. The Kier molecular flexibility index (Phi) is 5.17. The van der Waals surface area contributed by atoms with Crippen LogP contribution >= 0.6 is 0 Å². The maximum Gasteiger partial charge on any atom is 0.419 e. The Bertz CT molecular complexity index is 443. The summed E-state index contributed by atoms with van der Waals surface area (Å²) in [6.45, 7) is 0.428. The van der Waals surface area contributed by atoms with Crippen molar-refractivity contribution in [2.75, 3.05) is 20.3 Å². The van der Waals surface area contributed by atoms with Gasteiger partial charge in [-0.15, -0.1) is 0 Å². The molecule has 1 rings (SSSR count). The largest absolute Gasteiger partial charge is 0.493 e. The van der Waals surface area contributed by atoms with Crippen LogP contribution in [0, 0.1) is 0 Å². The number of halogens is 3. The highest BCUT2D eigenvalue weighted by Crippen LogP contribution is 2.36. The van der Waals surface area contributed by atoms with Crippen LogP contribution in [0.15, 0.2) is 18.2 Å². The zero-order chi connectivity index (χ0) is 14.5. The summed E-state index contributed by atoms with van der Waals surface area (Å²) >= 11 is 0. The SMILES string of the molecule is COCCCOc1ccc(C(=O)O)cc1C(F)(F)F. The van der Waals surface area contributed by atoms with Gasteiger partial charge < -0.3 is 14.6 Å². The molecule has 1 aromatic rings. The normalized spacial score (nSPS) is 11.4. The second kappa shape index (κ2) is 6.42. The highest BCUT2D eigenvalue weighted by Gasteiger charge is 2.35. The molecule has 0 saturated heterocycles. The van der Waals surface area contributed by atoms with Crippen molar-refractivity contribution in [1.82, 2.24) is 0 Å². The van der Waals surface area contributed by atoms with Gasteiger partial charge in [-0.3, -0.25) is 0 Å². The number of hydrogen-bond acceptors (Lipinski definition) is 3. The van der Waals surface area contributed by atoms with Crippen molar-refractivity contribution in [2.45, 2.75) is 12.6 Å². The number of carboxylic acids is 1. The van der Waals surface area contributed by atoms with Crippen molar-refractivity contribution in [3.8, 4) is 5.75 Å². The molecule has 0 amide bonds. The number of hydrogen-bond donors (Lipinski definition) is 1. The van der Waals surface area contributed by atoms with Gasteiger partial charge in [-0.2, -0.15) is 13.2 Å². The van der Waals surface area contributed by atoms with Gasteiger partial charge in [0.15, 0.2) is 0 Å². The summed E-state index contributed by atoms with van der Waals surface area (Å²) < 4.78 is 48.1. The van der Waals surface area contributed by atoms with Crippen LogP contribution in [-0.2, 0) is 10.9 Å². The van der Waals surface area contributed by atoms with Gasteiger partial charge >= 0.3 is 12.1 Å². The van der Waals surface area contributed by atoms with E-state index in [2.05, 4.69) is 0 Å². The lowest BCUT2D eigenvalue weighted by Gasteiger charge is -2.14. The lowest BCUT2D eigenvalue weighted by Crippen LogP contribution is -2.12. The van der Waals surface area contributed by atoms with Crippen molar-refractivity contribution in [2.24, 2.45) is 0 Å². The number of rotatable bonds is 6. The molecule has 0 spiro atoms. The molecule has 1 aromatic carbocycles. The first-order valence-corrected chi connectivity index (χ1v) is 5.42. The second-order valence-corrected chi connectivity index (χ2v) is 3.71. The summed E-state index contributed by atoms with van der Waals surface area (Å²) in [5.74, 6) is -1.80. The number of ether oxygens (including phenoxy) is 2. The van der Waals surface area contributed by atoms with Crippen LogP contribution < -0.4 is 4.74 Å². The van der Waals surface area contributed by atoms with Crippen molar-refractivity contribution >= 4 is 5.97 Å². The van der Waals surface area contributed by atoms with E-state index in [1.54, 1.807) is 0 Å². The van der Waals surface area contributed by atoms with Crippen molar-refractivity contribution < 1.29 is 32.5 Å². The highest BCUT2D eigenvalue weighted by molar-refractivity contribution is 5.88. The Balaban J connectivity index is 2.93. The average molecular weight is 278 g/mol. The van der Waals surface area contributed by atoms with E-state index in [0.29, 0.717) is 19.1 Å². The fourth-order valence-electron chi connectivity index (χ4n) is 1.40. The van der Waals surface area contributed by atoms with E-state index >= 15 is 0 Å². The highest BCUT2D eigenvalue weighted by atomic mass is 19.4. The fraction of sp³-hybridized carbons (Fsp3) is 0.417. The lowest BCUT2D eigenvalue weighted by atomic mass is 10.1. The third kappa shape index (κ3) is 4.44. The molecule has 0 saturated carbocycles. The minimum Gasteiger partial charge on any atom is -0.493 e. The molecule has 0 aliphatic carbocycles. The standard InChI is InChI=1S/C12H13F3O4/c1-18-5-2-6-19-10-4-3-8(11(16)17)7-9(10)12(13,14)15/h3-4,7H,2,5-6H2,1H3,(H,16,17). The Labute approximate surface area is 107 Å². The van der Waals surface area contributed by atoms with E-state index in [-0.39, 0.29) is 12.4 Å². The Hall–Kier alpha value is -1.76. The summed E-state index contributed by atoms with van der Waals surface area (Å²) in [4.78, 5) is 10.7. The molecule has 1 N–H and O–H groups in total. The Morgan fingerprint density at radius 1 is 1.32 bits per heavy atom. The minimum atomic E-state index is -4.66.